The van der Waals surface area contributed by atoms with Gasteiger partial charge in [-0.1, -0.05) is 104 Å². The highest BCUT2D eigenvalue weighted by Crippen LogP contribution is 2.22. The second-order valence-corrected chi connectivity index (χ2v) is 15.4. The largest absolute Gasteiger partial charge is 0.464 e. The first kappa shape index (κ1) is 59.2. The van der Waals surface area contributed by atoms with E-state index in [4.69, 9.17) is 25.4 Å². The SMILES string of the molecule is C#CCCCCCC.CCCCCCC#Cc1ccc(C(=O)CC(NC(C)=O)(C(=O)OCC)C(=O)OCC)cc1.CCOC(=O)C(CC(=O)c1ccc(Br)cc1)(NC(C)=O)C(=O)OCC. The van der Waals surface area contributed by atoms with E-state index in [0.717, 1.165) is 49.6 Å². The first-order valence-electron chi connectivity index (χ1n) is 22.1. The molecule has 0 radical (unpaired) electrons. The lowest BCUT2D eigenvalue weighted by atomic mass is 9.89. The van der Waals surface area contributed by atoms with Gasteiger partial charge in [-0.15, -0.1) is 12.3 Å². The molecule has 0 aliphatic heterocycles. The van der Waals surface area contributed by atoms with E-state index in [-0.39, 0.29) is 37.6 Å². The summed E-state index contributed by atoms with van der Waals surface area (Å²) in [6.45, 7) is 12.8. The highest BCUT2D eigenvalue weighted by Gasteiger charge is 2.53. The van der Waals surface area contributed by atoms with Crippen LogP contribution in [0.3, 0.4) is 0 Å². The van der Waals surface area contributed by atoms with Gasteiger partial charge in [-0.3, -0.25) is 19.2 Å². The maximum Gasteiger partial charge on any atom is 0.344 e. The van der Waals surface area contributed by atoms with Gasteiger partial charge in [0.15, 0.2) is 11.6 Å². The minimum atomic E-state index is -2.24. The zero-order valence-corrected chi connectivity index (χ0v) is 40.9. The lowest BCUT2D eigenvalue weighted by Crippen LogP contribution is -2.62. The number of nitrogens with one attached hydrogen (secondary N) is 2. The number of Topliss-reactive ketones (excluding diaryl/α,β-unsaturated/α-hetero) is 2. The maximum absolute atomic E-state index is 12.9. The molecular weight excluding hydrogens is 900 g/mol. The summed E-state index contributed by atoms with van der Waals surface area (Å²) < 4.78 is 20.6. The quantitative estimate of drug-likeness (QED) is 0.0256. The number of amides is 2. The number of halogens is 1. The van der Waals surface area contributed by atoms with Crippen LogP contribution in [0.4, 0.5) is 0 Å². The predicted octanol–water partition coefficient (Wildman–Crippen LogP) is 8.20. The fraction of sp³-hybridized carbons (Fsp3) is 0.520. The smallest absolute Gasteiger partial charge is 0.344 e. The van der Waals surface area contributed by atoms with Gasteiger partial charge in [-0.2, -0.15) is 0 Å². The summed E-state index contributed by atoms with van der Waals surface area (Å²) >= 11 is 3.26. The zero-order chi connectivity index (χ0) is 49.3. The standard InChI is InChI=1S/C25H33NO6.C17H20BrNO6.C8H14/c1-5-8-9-10-11-12-13-20-14-16-21(17-15-20)22(28)18-25(26-19(4)27,23(29)31-6-2)24(30)32-7-3;1-4-24-15(22)17(19-11(3)20,16(23)25-5-2)10-14(21)12-6-8-13(18)9-7-12;1-3-5-7-8-6-4-2/h14-17H,5-11,18H2,1-4H3,(H,26,27);6-9H,4-5,10H2,1-3H3,(H,19,20);1H,4-8H2,2H3. The number of hydrogen-bond acceptors (Lipinski definition) is 12. The Morgan fingerprint density at radius 3 is 1.22 bits per heavy atom. The van der Waals surface area contributed by atoms with Crippen LogP contribution in [0.25, 0.3) is 0 Å². The number of ether oxygens (including phenoxy) is 4. The second-order valence-electron chi connectivity index (χ2n) is 14.5. The van der Waals surface area contributed by atoms with E-state index >= 15 is 0 Å². The van der Waals surface area contributed by atoms with Crippen LogP contribution in [-0.4, -0.2) is 84.8 Å². The molecule has 356 valence electrons. The Bertz CT molecular complexity index is 1910. The van der Waals surface area contributed by atoms with E-state index in [0.29, 0.717) is 0 Å². The molecule has 0 bridgehead atoms. The number of carbonyl (C=O) groups excluding carboxylic acids is 8. The Hall–Kier alpha value is -5.80. The topological polar surface area (TPSA) is 198 Å². The predicted molar refractivity (Wildman–Crippen MR) is 251 cm³/mol. The monoisotopic (exact) mass is 966 g/mol. The zero-order valence-electron chi connectivity index (χ0n) is 39.3. The van der Waals surface area contributed by atoms with Crippen molar-refractivity contribution in [3.63, 3.8) is 0 Å². The van der Waals surface area contributed by atoms with E-state index in [1.807, 2.05) is 0 Å². The maximum atomic E-state index is 12.9. The minimum Gasteiger partial charge on any atom is -0.464 e. The van der Waals surface area contributed by atoms with E-state index in [1.165, 1.54) is 38.5 Å². The number of unbranched alkanes of at least 4 members (excludes halogenated alkanes) is 8. The van der Waals surface area contributed by atoms with Crippen LogP contribution in [0, 0.1) is 24.2 Å². The van der Waals surface area contributed by atoms with Crippen molar-refractivity contribution >= 4 is 63.2 Å². The average molecular weight is 968 g/mol. The van der Waals surface area contributed by atoms with E-state index in [9.17, 15) is 38.4 Å². The van der Waals surface area contributed by atoms with Crippen molar-refractivity contribution in [3.05, 3.63) is 69.7 Å². The molecule has 0 atom stereocenters. The molecule has 2 rings (SSSR count). The third-order valence-corrected chi connectivity index (χ3v) is 9.59. The van der Waals surface area contributed by atoms with Crippen molar-refractivity contribution in [2.45, 2.75) is 144 Å². The van der Waals surface area contributed by atoms with Gasteiger partial charge < -0.3 is 29.6 Å². The molecule has 0 heterocycles. The Morgan fingerprint density at radius 2 is 0.892 bits per heavy atom. The molecule has 0 aliphatic rings. The molecule has 0 saturated carbocycles. The summed E-state index contributed by atoms with van der Waals surface area (Å²) in [4.78, 5) is 99.0. The molecule has 2 aromatic rings. The number of ketones is 2. The number of benzene rings is 2. The van der Waals surface area contributed by atoms with Crippen molar-refractivity contribution in [2.24, 2.45) is 0 Å². The first-order valence-corrected chi connectivity index (χ1v) is 22.9. The van der Waals surface area contributed by atoms with Gasteiger partial charge in [-0.05, 0) is 64.8 Å². The average Bonchev–Trinajstić information content (AvgIpc) is 3.26. The van der Waals surface area contributed by atoms with Gasteiger partial charge in [0, 0.05) is 47.9 Å². The Kier molecular flexibility index (Phi) is 30.7. The van der Waals surface area contributed by atoms with Crippen LogP contribution in [-0.2, 0) is 47.7 Å². The van der Waals surface area contributed by atoms with E-state index < -0.39 is 71.2 Å². The van der Waals surface area contributed by atoms with Crippen molar-refractivity contribution in [2.75, 3.05) is 26.4 Å². The summed E-state index contributed by atoms with van der Waals surface area (Å²) in [5, 5.41) is 4.55. The number of hydrogen-bond donors (Lipinski definition) is 2. The molecule has 0 saturated heterocycles. The van der Waals surface area contributed by atoms with Crippen LogP contribution >= 0.6 is 15.9 Å². The molecule has 14 nitrogen and oxygen atoms in total. The fourth-order valence-corrected chi connectivity index (χ4v) is 6.15. The van der Waals surface area contributed by atoms with E-state index in [1.54, 1.807) is 76.2 Å². The van der Waals surface area contributed by atoms with Gasteiger partial charge >= 0.3 is 23.9 Å². The Morgan fingerprint density at radius 1 is 0.538 bits per heavy atom. The van der Waals surface area contributed by atoms with Crippen LogP contribution in [0.15, 0.2) is 53.0 Å². The molecule has 2 amide bonds. The highest BCUT2D eigenvalue weighted by molar-refractivity contribution is 9.10. The molecule has 0 unspecified atom stereocenters. The number of terminal acetylenes is 1. The summed E-state index contributed by atoms with van der Waals surface area (Å²) in [6.07, 6.45) is 15.4. The molecule has 0 fully saturated rings. The molecule has 2 N–H and O–H groups in total. The van der Waals surface area contributed by atoms with Crippen LogP contribution in [0.1, 0.15) is 159 Å². The van der Waals surface area contributed by atoms with Gasteiger partial charge in [0.2, 0.25) is 22.9 Å². The molecule has 2 aromatic carbocycles. The minimum absolute atomic E-state index is 0.0218. The molecule has 0 aromatic heterocycles. The third-order valence-electron chi connectivity index (χ3n) is 9.06. The van der Waals surface area contributed by atoms with Crippen molar-refractivity contribution in [1.82, 2.24) is 10.6 Å². The van der Waals surface area contributed by atoms with Crippen molar-refractivity contribution in [3.8, 4) is 24.2 Å². The van der Waals surface area contributed by atoms with Gasteiger partial charge in [-0.25, -0.2) is 19.2 Å². The van der Waals surface area contributed by atoms with Gasteiger partial charge in [0.25, 0.3) is 0 Å². The number of esters is 4. The molecular formula is C50H67BrN2O12. The van der Waals surface area contributed by atoms with Crippen LogP contribution < -0.4 is 10.6 Å². The Labute approximate surface area is 393 Å². The summed E-state index contributed by atoms with van der Waals surface area (Å²) in [5.74, 6) is 2.33. The van der Waals surface area contributed by atoms with Crippen molar-refractivity contribution < 1.29 is 57.3 Å². The molecule has 0 aliphatic carbocycles. The molecule has 0 spiro atoms. The normalized spacial score (nSPS) is 10.3. The highest BCUT2D eigenvalue weighted by atomic mass is 79.9. The van der Waals surface area contributed by atoms with Gasteiger partial charge in [0.05, 0.1) is 39.3 Å². The number of rotatable bonds is 24. The summed E-state index contributed by atoms with van der Waals surface area (Å²) in [5.41, 5.74) is -3.14. The molecule has 15 heteroatoms. The van der Waals surface area contributed by atoms with Crippen LogP contribution in [0.5, 0.6) is 0 Å². The summed E-state index contributed by atoms with van der Waals surface area (Å²) in [6, 6.07) is 13.0. The number of carbonyl (C=O) groups is 8. The fourth-order valence-electron chi connectivity index (χ4n) is 5.89. The van der Waals surface area contributed by atoms with Crippen molar-refractivity contribution in [1.29, 1.82) is 0 Å². The molecule has 65 heavy (non-hydrogen) atoms. The summed E-state index contributed by atoms with van der Waals surface area (Å²) in [7, 11) is 0. The van der Waals surface area contributed by atoms with Crippen LogP contribution in [0.2, 0.25) is 0 Å². The third kappa shape index (κ3) is 22.1. The first-order chi connectivity index (χ1) is 31.0. The van der Waals surface area contributed by atoms with Gasteiger partial charge in [0.1, 0.15) is 0 Å². The Balaban J connectivity index is 0.00000110. The lowest BCUT2D eigenvalue weighted by molar-refractivity contribution is -0.168. The lowest BCUT2D eigenvalue weighted by Gasteiger charge is -2.29. The second kappa shape index (κ2) is 33.7. The van der Waals surface area contributed by atoms with E-state index in [2.05, 4.69) is 58.2 Å².